The zero-order valence-electron chi connectivity index (χ0n) is 11.1. The number of halogens is 1. The summed E-state index contributed by atoms with van der Waals surface area (Å²) < 4.78 is 13.5. The minimum atomic E-state index is -0.858. The molecule has 0 aliphatic rings. The van der Waals surface area contributed by atoms with Crippen molar-refractivity contribution >= 4 is 11.9 Å². The molecule has 1 aromatic carbocycles. The van der Waals surface area contributed by atoms with E-state index in [0.29, 0.717) is 13.0 Å². The van der Waals surface area contributed by atoms with Crippen molar-refractivity contribution in [2.24, 2.45) is 5.92 Å². The van der Waals surface area contributed by atoms with E-state index >= 15 is 0 Å². The lowest BCUT2D eigenvalue weighted by Crippen LogP contribution is -2.29. The van der Waals surface area contributed by atoms with Crippen molar-refractivity contribution in [2.45, 2.75) is 26.7 Å². The molecule has 0 aliphatic carbocycles. The van der Waals surface area contributed by atoms with Crippen molar-refractivity contribution in [1.29, 1.82) is 0 Å². The van der Waals surface area contributed by atoms with E-state index in [2.05, 4.69) is 5.32 Å². The molecule has 0 aromatic heterocycles. The minimum Gasteiger partial charge on any atom is -0.481 e. The second-order valence-corrected chi connectivity index (χ2v) is 4.73. The van der Waals surface area contributed by atoms with Crippen molar-refractivity contribution in [3.05, 3.63) is 35.1 Å². The second-order valence-electron chi connectivity index (χ2n) is 4.73. The topological polar surface area (TPSA) is 66.4 Å². The van der Waals surface area contributed by atoms with Gasteiger partial charge < -0.3 is 10.4 Å². The predicted octanol–water partition coefficient (Wildman–Crippen LogP) is 2.36. The number of aryl methyl sites for hydroxylation is 1. The molecule has 0 saturated carbocycles. The first-order valence-corrected chi connectivity index (χ1v) is 6.16. The van der Waals surface area contributed by atoms with E-state index in [-0.39, 0.29) is 17.9 Å². The second kappa shape index (κ2) is 6.87. The molecule has 2 N–H and O–H groups in total. The van der Waals surface area contributed by atoms with Gasteiger partial charge in [0.05, 0.1) is 5.56 Å². The third-order valence-electron chi connectivity index (χ3n) is 2.83. The van der Waals surface area contributed by atoms with Crippen LogP contribution in [0, 0.1) is 18.7 Å². The van der Waals surface area contributed by atoms with Crippen molar-refractivity contribution in [1.82, 2.24) is 5.32 Å². The van der Waals surface area contributed by atoms with E-state index in [1.807, 2.05) is 6.92 Å². The largest absolute Gasteiger partial charge is 0.481 e. The van der Waals surface area contributed by atoms with Gasteiger partial charge in [-0.3, -0.25) is 9.59 Å². The Morgan fingerprint density at radius 1 is 1.42 bits per heavy atom. The van der Waals surface area contributed by atoms with Gasteiger partial charge in [-0.15, -0.1) is 0 Å². The molecule has 1 rings (SSSR count). The number of hydrogen-bond donors (Lipinski definition) is 2. The highest BCUT2D eigenvalue weighted by Gasteiger charge is 2.13. The van der Waals surface area contributed by atoms with Crippen molar-refractivity contribution in [2.75, 3.05) is 6.54 Å². The number of rotatable bonds is 6. The molecule has 0 bridgehead atoms. The average Bonchev–Trinajstić information content (AvgIpc) is 2.36. The summed E-state index contributed by atoms with van der Waals surface area (Å²) in [5.41, 5.74) is 0.830. The Kier molecular flexibility index (Phi) is 5.48. The SMILES string of the molecule is Cc1ccc(F)c(C(=O)NCC(C)CCC(=O)O)c1. The third kappa shape index (κ3) is 5.07. The molecule has 1 aromatic rings. The van der Waals surface area contributed by atoms with E-state index in [1.54, 1.807) is 13.0 Å². The van der Waals surface area contributed by atoms with E-state index in [4.69, 9.17) is 5.11 Å². The highest BCUT2D eigenvalue weighted by atomic mass is 19.1. The molecule has 1 atom stereocenters. The van der Waals surface area contributed by atoms with Gasteiger partial charge >= 0.3 is 5.97 Å². The number of carboxylic acid groups (broad SMARTS) is 1. The summed E-state index contributed by atoms with van der Waals surface area (Å²) >= 11 is 0. The Hall–Kier alpha value is -1.91. The summed E-state index contributed by atoms with van der Waals surface area (Å²) in [5.74, 6) is -1.85. The van der Waals surface area contributed by atoms with Gasteiger partial charge in [0.25, 0.3) is 5.91 Å². The van der Waals surface area contributed by atoms with Crippen molar-refractivity contribution in [3.63, 3.8) is 0 Å². The van der Waals surface area contributed by atoms with Gasteiger partial charge in [-0.2, -0.15) is 0 Å². The summed E-state index contributed by atoms with van der Waals surface area (Å²) in [7, 11) is 0. The molecule has 0 radical (unpaired) electrons. The van der Waals surface area contributed by atoms with Crippen molar-refractivity contribution < 1.29 is 19.1 Å². The summed E-state index contributed by atoms with van der Waals surface area (Å²) in [4.78, 5) is 22.2. The normalized spacial score (nSPS) is 11.9. The average molecular weight is 267 g/mol. The fourth-order valence-electron chi connectivity index (χ4n) is 1.65. The minimum absolute atomic E-state index is 0.0189. The van der Waals surface area contributed by atoms with E-state index in [0.717, 1.165) is 5.56 Å². The molecule has 0 spiro atoms. The molecule has 1 unspecified atom stereocenters. The number of hydrogen-bond acceptors (Lipinski definition) is 2. The third-order valence-corrected chi connectivity index (χ3v) is 2.83. The molecule has 0 fully saturated rings. The Morgan fingerprint density at radius 2 is 2.11 bits per heavy atom. The quantitative estimate of drug-likeness (QED) is 0.831. The van der Waals surface area contributed by atoms with Crippen molar-refractivity contribution in [3.8, 4) is 0 Å². The van der Waals surface area contributed by atoms with Crippen LogP contribution >= 0.6 is 0 Å². The number of nitrogens with one attached hydrogen (secondary N) is 1. The highest BCUT2D eigenvalue weighted by molar-refractivity contribution is 5.94. The van der Waals surface area contributed by atoms with E-state index < -0.39 is 17.7 Å². The lowest BCUT2D eigenvalue weighted by Gasteiger charge is -2.12. The lowest BCUT2D eigenvalue weighted by molar-refractivity contribution is -0.137. The maximum atomic E-state index is 13.5. The van der Waals surface area contributed by atoms with Gasteiger partial charge in [-0.25, -0.2) is 4.39 Å². The van der Waals surface area contributed by atoms with Crippen LogP contribution in [0.4, 0.5) is 4.39 Å². The number of amides is 1. The van der Waals surface area contributed by atoms with Crippen LogP contribution in [-0.2, 0) is 4.79 Å². The fourth-order valence-corrected chi connectivity index (χ4v) is 1.65. The van der Waals surface area contributed by atoms with Crippen LogP contribution in [0.15, 0.2) is 18.2 Å². The first kappa shape index (κ1) is 15.1. The maximum Gasteiger partial charge on any atom is 0.303 e. The molecule has 104 valence electrons. The smallest absolute Gasteiger partial charge is 0.303 e. The van der Waals surface area contributed by atoms with Crippen LogP contribution in [-0.4, -0.2) is 23.5 Å². The summed E-state index contributed by atoms with van der Waals surface area (Å²) in [6.45, 7) is 3.96. The molecule has 5 heteroatoms. The highest BCUT2D eigenvalue weighted by Crippen LogP contribution is 2.10. The van der Waals surface area contributed by atoms with Crippen LogP contribution in [0.3, 0.4) is 0 Å². The Morgan fingerprint density at radius 3 is 2.74 bits per heavy atom. The summed E-state index contributed by atoms with van der Waals surface area (Å²) in [5, 5.41) is 11.2. The fraction of sp³-hybridized carbons (Fsp3) is 0.429. The molecule has 0 saturated heterocycles. The number of carbonyl (C=O) groups excluding carboxylic acids is 1. The first-order chi connectivity index (χ1) is 8.90. The van der Waals surface area contributed by atoms with Gasteiger partial charge in [-0.05, 0) is 31.4 Å². The van der Waals surface area contributed by atoms with Gasteiger partial charge in [0.1, 0.15) is 5.82 Å². The summed E-state index contributed by atoms with van der Waals surface area (Å²) in [6.07, 6.45) is 0.543. The standard InChI is InChI=1S/C14H18FNO3/c1-9-3-5-12(15)11(7-9)14(19)16-8-10(2)4-6-13(17)18/h3,5,7,10H,4,6,8H2,1-2H3,(H,16,19)(H,17,18). The Balaban J connectivity index is 2.51. The number of carbonyl (C=O) groups is 2. The van der Waals surface area contributed by atoms with Crippen LogP contribution < -0.4 is 5.32 Å². The number of aliphatic carboxylic acids is 1. The number of carboxylic acids is 1. The summed E-state index contributed by atoms with van der Waals surface area (Å²) in [6, 6.07) is 4.35. The van der Waals surface area contributed by atoms with E-state index in [9.17, 15) is 14.0 Å². The molecule has 1 amide bonds. The van der Waals surface area contributed by atoms with E-state index in [1.165, 1.54) is 12.1 Å². The molecule has 0 aliphatic heterocycles. The predicted molar refractivity (Wildman–Crippen MR) is 69.5 cm³/mol. The maximum absolute atomic E-state index is 13.5. The molecular weight excluding hydrogens is 249 g/mol. The molecular formula is C14H18FNO3. The van der Waals surface area contributed by atoms with Crippen LogP contribution in [0.1, 0.15) is 35.7 Å². The van der Waals surface area contributed by atoms with Gasteiger partial charge in [0, 0.05) is 13.0 Å². The van der Waals surface area contributed by atoms with Gasteiger partial charge in [0.2, 0.25) is 0 Å². The van der Waals surface area contributed by atoms with Crippen LogP contribution in [0.25, 0.3) is 0 Å². The Labute approximate surface area is 111 Å². The first-order valence-electron chi connectivity index (χ1n) is 6.16. The molecule has 4 nitrogen and oxygen atoms in total. The monoisotopic (exact) mass is 267 g/mol. The lowest BCUT2D eigenvalue weighted by atomic mass is 10.1. The van der Waals surface area contributed by atoms with Crippen LogP contribution in [0.5, 0.6) is 0 Å². The zero-order chi connectivity index (χ0) is 14.4. The number of benzene rings is 1. The van der Waals surface area contributed by atoms with Gasteiger partial charge in [0.15, 0.2) is 0 Å². The van der Waals surface area contributed by atoms with Gasteiger partial charge in [-0.1, -0.05) is 18.6 Å². The Bertz CT molecular complexity index is 474. The van der Waals surface area contributed by atoms with Crippen LogP contribution in [0.2, 0.25) is 0 Å². The molecule has 19 heavy (non-hydrogen) atoms. The molecule has 0 heterocycles. The zero-order valence-corrected chi connectivity index (χ0v) is 11.1.